The van der Waals surface area contributed by atoms with Crippen molar-refractivity contribution in [2.45, 2.75) is 19.3 Å². The molecule has 0 saturated heterocycles. The van der Waals surface area contributed by atoms with Gasteiger partial charge in [-0.05, 0) is 125 Å². The number of hydrogen-bond acceptors (Lipinski definition) is 1. The van der Waals surface area contributed by atoms with E-state index in [9.17, 15) is 5.26 Å². The number of rotatable bonds is 1. The molecule has 4 heterocycles. The van der Waals surface area contributed by atoms with Gasteiger partial charge < -0.3 is 9.13 Å². The summed E-state index contributed by atoms with van der Waals surface area (Å²) < 4.78 is 5.01. The average Bonchev–Trinajstić information content (AvgIpc) is 3.90. The van der Waals surface area contributed by atoms with E-state index in [4.69, 9.17) is 6.57 Å². The number of aromatic nitrogens is 2. The second-order valence-corrected chi connectivity index (χ2v) is 17.4. The zero-order chi connectivity index (χ0) is 39.8. The Morgan fingerprint density at radius 3 is 1.83 bits per heavy atom. The van der Waals surface area contributed by atoms with E-state index in [0.717, 1.165) is 38.7 Å². The molecule has 14 rings (SSSR count). The molecule has 2 aromatic heterocycles. The lowest BCUT2D eigenvalue weighted by Crippen LogP contribution is -2.59. The summed E-state index contributed by atoms with van der Waals surface area (Å²) in [5.41, 5.74) is 19.6. The van der Waals surface area contributed by atoms with Crippen LogP contribution in [-0.2, 0) is 5.41 Å². The molecule has 0 radical (unpaired) electrons. The third kappa shape index (κ3) is 3.73. The highest BCUT2D eigenvalue weighted by molar-refractivity contribution is 7.00. The van der Waals surface area contributed by atoms with Crippen molar-refractivity contribution in [3.63, 3.8) is 0 Å². The van der Waals surface area contributed by atoms with Gasteiger partial charge in [0.25, 0.3) is 6.71 Å². The molecule has 2 aliphatic heterocycles. The number of nitrogens with zero attached hydrogens (tertiary/aromatic N) is 4. The Kier molecular flexibility index (Phi) is 5.78. The molecule has 274 valence electrons. The van der Waals surface area contributed by atoms with Crippen LogP contribution in [0.2, 0.25) is 0 Å². The predicted molar refractivity (Wildman–Crippen MR) is 249 cm³/mol. The van der Waals surface area contributed by atoms with Gasteiger partial charge in [0, 0.05) is 38.5 Å². The van der Waals surface area contributed by atoms with Gasteiger partial charge in [-0.25, -0.2) is 4.85 Å². The Labute approximate surface area is 345 Å². The first kappa shape index (κ1) is 32.1. The Morgan fingerprint density at radius 2 is 1.17 bits per heavy atom. The third-order valence-corrected chi connectivity index (χ3v) is 14.3. The quantitative estimate of drug-likeness (QED) is 0.121. The summed E-state index contributed by atoms with van der Waals surface area (Å²) in [7, 11) is 0. The molecule has 60 heavy (non-hydrogen) atoms. The molecule has 0 unspecified atom stereocenters. The van der Waals surface area contributed by atoms with E-state index < -0.39 is 0 Å². The molecule has 11 aromatic rings. The van der Waals surface area contributed by atoms with Crippen LogP contribution in [0, 0.1) is 17.9 Å². The maximum absolute atomic E-state index is 10.2. The van der Waals surface area contributed by atoms with Gasteiger partial charge >= 0.3 is 0 Å². The monoisotopic (exact) mass is 758 g/mol. The molecule has 5 heteroatoms. The first-order chi connectivity index (χ1) is 29.4. The fraction of sp³-hybridized carbons (Fsp3) is 0.0545. The van der Waals surface area contributed by atoms with Gasteiger partial charge in [-0.3, -0.25) is 0 Å². The Hall–Kier alpha value is -7.86. The predicted octanol–water partition coefficient (Wildman–Crippen LogP) is 11.7. The van der Waals surface area contributed by atoms with Crippen LogP contribution in [0.4, 0.5) is 5.69 Å². The fourth-order valence-corrected chi connectivity index (χ4v) is 11.7. The van der Waals surface area contributed by atoms with Crippen molar-refractivity contribution in [3.8, 4) is 39.7 Å². The zero-order valence-corrected chi connectivity index (χ0v) is 32.8. The van der Waals surface area contributed by atoms with Crippen LogP contribution in [0.15, 0.2) is 152 Å². The molecule has 0 spiro atoms. The average molecular weight is 759 g/mol. The summed E-state index contributed by atoms with van der Waals surface area (Å²) in [5, 5.41) is 19.6. The van der Waals surface area contributed by atoms with Crippen molar-refractivity contribution in [3.05, 3.63) is 180 Å². The van der Waals surface area contributed by atoms with E-state index >= 15 is 0 Å². The molecule has 3 aliphatic rings. The van der Waals surface area contributed by atoms with Crippen molar-refractivity contribution >= 4 is 93.9 Å². The summed E-state index contributed by atoms with van der Waals surface area (Å²) in [4.78, 5) is 3.92. The second kappa shape index (κ2) is 10.8. The van der Waals surface area contributed by atoms with Crippen molar-refractivity contribution in [2.75, 3.05) is 0 Å². The second-order valence-electron chi connectivity index (χ2n) is 17.4. The first-order valence-corrected chi connectivity index (χ1v) is 20.6. The van der Waals surface area contributed by atoms with Crippen molar-refractivity contribution in [1.82, 2.24) is 9.13 Å². The van der Waals surface area contributed by atoms with Crippen LogP contribution in [0.25, 0.3) is 104 Å². The Bertz CT molecular complexity index is 3760. The van der Waals surface area contributed by atoms with E-state index in [-0.39, 0.29) is 12.1 Å². The molecule has 4 nitrogen and oxygen atoms in total. The number of nitriles is 1. The smallest absolute Gasteiger partial charge is 0.252 e. The van der Waals surface area contributed by atoms with Crippen LogP contribution in [0.1, 0.15) is 30.5 Å². The highest BCUT2D eigenvalue weighted by Crippen LogP contribution is 2.50. The van der Waals surface area contributed by atoms with Crippen molar-refractivity contribution in [2.24, 2.45) is 0 Å². The van der Waals surface area contributed by atoms with E-state index in [2.05, 4.69) is 173 Å². The van der Waals surface area contributed by atoms with E-state index in [1.165, 1.54) is 87.6 Å². The Morgan fingerprint density at radius 1 is 0.567 bits per heavy atom. The molecule has 0 fully saturated rings. The first-order valence-electron chi connectivity index (χ1n) is 20.6. The van der Waals surface area contributed by atoms with Crippen molar-refractivity contribution in [1.29, 1.82) is 5.26 Å². The van der Waals surface area contributed by atoms with Gasteiger partial charge in [0.05, 0.1) is 34.8 Å². The van der Waals surface area contributed by atoms with Crippen LogP contribution >= 0.6 is 0 Å². The molecule has 0 atom stereocenters. The largest absolute Gasteiger partial charge is 0.310 e. The third-order valence-electron chi connectivity index (χ3n) is 14.3. The van der Waals surface area contributed by atoms with Gasteiger partial charge in [-0.1, -0.05) is 117 Å². The molecular formula is C55H31BN4. The van der Waals surface area contributed by atoms with Gasteiger partial charge in [0.2, 0.25) is 0 Å². The fourth-order valence-electron chi connectivity index (χ4n) is 11.7. The lowest BCUT2D eigenvalue weighted by atomic mass is 9.34. The SMILES string of the molecule is [C-]#[N+]c1ccc2c(c1)c1c3ccccc3cc3c1n2-c1cc(-c2ccc4c(c2)C(C)(C)c2ccccc2-4)cc2c1B3c1cc3ccccc3c3c4cc(C#N)ccc4n-2c13. The van der Waals surface area contributed by atoms with Gasteiger partial charge in [-0.2, -0.15) is 5.26 Å². The number of hydrogen-bond donors (Lipinski definition) is 0. The van der Waals surface area contributed by atoms with Crippen LogP contribution in [-0.4, -0.2) is 15.8 Å². The topological polar surface area (TPSA) is 38.0 Å². The van der Waals surface area contributed by atoms with Crippen LogP contribution < -0.4 is 16.4 Å². The summed E-state index contributed by atoms with van der Waals surface area (Å²) >= 11 is 0. The van der Waals surface area contributed by atoms with Gasteiger partial charge in [0.1, 0.15) is 0 Å². The minimum absolute atomic E-state index is 0.0684. The summed E-state index contributed by atoms with van der Waals surface area (Å²) in [5.74, 6) is 0. The van der Waals surface area contributed by atoms with Crippen molar-refractivity contribution < 1.29 is 0 Å². The minimum atomic E-state index is -0.139. The molecule has 0 bridgehead atoms. The zero-order valence-electron chi connectivity index (χ0n) is 32.8. The van der Waals surface area contributed by atoms with Crippen LogP contribution in [0.3, 0.4) is 0 Å². The Balaban J connectivity index is 1.19. The standard InChI is InChI=1S/C55H31BN4/c1-55(2)42-15-9-8-14-38(42)39-19-17-31(23-43(39)55)34-26-48-52-49(27-34)60-47-21-18-35(58-3)28-41(47)51-37-13-7-5-11-33(37)25-45(54(51)60)56(52)44-24-32-10-4-6-12-36(32)50-40-22-30(29-57)16-20-46(40)59(48)53(44)50/h4-28H,1-2H3. The normalized spacial score (nSPS) is 13.9. The minimum Gasteiger partial charge on any atom is -0.310 e. The van der Waals surface area contributed by atoms with Gasteiger partial charge in [0.15, 0.2) is 5.69 Å². The van der Waals surface area contributed by atoms with E-state index in [0.29, 0.717) is 11.3 Å². The molecule has 1 aliphatic carbocycles. The molecule has 0 amide bonds. The van der Waals surface area contributed by atoms with E-state index in [1.54, 1.807) is 0 Å². The lowest BCUT2D eigenvalue weighted by molar-refractivity contribution is 0.660. The number of fused-ring (bicyclic) bond motifs is 17. The summed E-state index contributed by atoms with van der Waals surface area (Å²) in [6.07, 6.45) is 0. The van der Waals surface area contributed by atoms with E-state index in [1.807, 2.05) is 12.1 Å². The lowest BCUT2D eigenvalue weighted by Gasteiger charge is -2.34. The maximum Gasteiger partial charge on any atom is 0.252 e. The highest BCUT2D eigenvalue weighted by Gasteiger charge is 2.42. The molecule has 0 saturated carbocycles. The summed E-state index contributed by atoms with van der Waals surface area (Å²) in [6, 6.07) is 58.0. The summed E-state index contributed by atoms with van der Waals surface area (Å²) in [6.45, 7) is 12.7. The van der Waals surface area contributed by atoms with Crippen LogP contribution in [0.5, 0.6) is 0 Å². The van der Waals surface area contributed by atoms with Gasteiger partial charge in [-0.15, -0.1) is 0 Å². The molecule has 0 N–H and O–H groups in total. The highest BCUT2D eigenvalue weighted by atomic mass is 15.0. The molecule has 9 aromatic carbocycles. The number of benzene rings is 9. The maximum atomic E-state index is 10.2. The molecular weight excluding hydrogens is 727 g/mol.